The van der Waals surface area contributed by atoms with Crippen molar-refractivity contribution in [2.24, 2.45) is 0 Å². The van der Waals surface area contributed by atoms with Gasteiger partial charge in [0.1, 0.15) is 17.9 Å². The Morgan fingerprint density at radius 1 is 1.27 bits per heavy atom. The number of amides is 1. The molecule has 0 unspecified atom stereocenters. The number of aromatic nitrogens is 4. The summed E-state index contributed by atoms with van der Waals surface area (Å²) < 4.78 is 45.6. The number of carbonyl (C=O) groups excluding carboxylic acids is 1. The van der Waals surface area contributed by atoms with Crippen LogP contribution in [0.25, 0.3) is 5.78 Å². The van der Waals surface area contributed by atoms with Gasteiger partial charge in [-0.05, 0) is 18.2 Å². The molecular formula is C15H11F3N6O2. The highest BCUT2D eigenvalue weighted by Gasteiger charge is 2.34. The summed E-state index contributed by atoms with van der Waals surface area (Å²) in [6, 6.07) is 5.69. The number of fused-ring (bicyclic) bond motifs is 2. The van der Waals surface area contributed by atoms with Crippen LogP contribution in [0.1, 0.15) is 5.69 Å². The first-order valence-electron chi connectivity index (χ1n) is 7.41. The second-order valence-electron chi connectivity index (χ2n) is 5.55. The van der Waals surface area contributed by atoms with Gasteiger partial charge in [0.05, 0.1) is 5.69 Å². The van der Waals surface area contributed by atoms with E-state index in [0.717, 1.165) is 16.9 Å². The monoisotopic (exact) mass is 364 g/mol. The Balaban J connectivity index is 1.76. The van der Waals surface area contributed by atoms with Gasteiger partial charge in [0.2, 0.25) is 0 Å². The molecule has 3 aromatic rings. The lowest BCUT2D eigenvalue weighted by atomic mass is 10.2. The van der Waals surface area contributed by atoms with Crippen LogP contribution in [-0.2, 0) is 11.0 Å². The molecular weight excluding hydrogens is 353 g/mol. The lowest BCUT2D eigenvalue weighted by molar-refractivity contribution is -0.141. The maximum atomic E-state index is 13.1. The molecule has 0 atom stereocenters. The van der Waals surface area contributed by atoms with Crippen molar-refractivity contribution in [2.45, 2.75) is 6.18 Å². The van der Waals surface area contributed by atoms with Crippen molar-refractivity contribution in [3.8, 4) is 5.75 Å². The van der Waals surface area contributed by atoms with Gasteiger partial charge < -0.3 is 15.0 Å². The van der Waals surface area contributed by atoms with Gasteiger partial charge in [0.25, 0.3) is 11.7 Å². The van der Waals surface area contributed by atoms with Crippen molar-refractivity contribution >= 4 is 28.9 Å². The Labute approximate surface area is 144 Å². The van der Waals surface area contributed by atoms with Crippen LogP contribution in [-0.4, -0.2) is 39.1 Å². The second kappa shape index (κ2) is 5.58. The summed E-state index contributed by atoms with van der Waals surface area (Å²) in [6.07, 6.45) is -3.51. The van der Waals surface area contributed by atoms with Gasteiger partial charge in [-0.2, -0.15) is 27.8 Å². The number of carbonyl (C=O) groups is 1. The number of likely N-dealkylation sites (N-methyl/N-ethyl adjacent to an activating group) is 1. The lowest BCUT2D eigenvalue weighted by Crippen LogP contribution is -2.35. The summed E-state index contributed by atoms with van der Waals surface area (Å²) in [6.45, 7) is -0.0604. The first kappa shape index (κ1) is 16.1. The van der Waals surface area contributed by atoms with Crippen LogP contribution in [0.3, 0.4) is 0 Å². The third kappa shape index (κ3) is 2.66. The zero-order valence-electron chi connectivity index (χ0n) is 13.3. The van der Waals surface area contributed by atoms with Gasteiger partial charge in [0.15, 0.2) is 12.3 Å². The number of rotatable bonds is 2. The van der Waals surface area contributed by atoms with Crippen LogP contribution >= 0.6 is 0 Å². The first-order chi connectivity index (χ1) is 12.3. The van der Waals surface area contributed by atoms with Gasteiger partial charge in [-0.1, -0.05) is 0 Å². The van der Waals surface area contributed by atoms with Crippen LogP contribution in [0.15, 0.2) is 30.6 Å². The Kier molecular flexibility index (Phi) is 3.46. The number of nitrogens with zero attached hydrogens (tertiary/aromatic N) is 5. The number of halogens is 3. The number of nitrogens with one attached hydrogen (secondary N) is 1. The Bertz CT molecular complexity index is 1020. The molecule has 0 fully saturated rings. The molecule has 0 radical (unpaired) electrons. The van der Waals surface area contributed by atoms with Gasteiger partial charge in [0, 0.05) is 18.8 Å². The molecule has 2 aromatic heterocycles. The minimum Gasteiger partial charge on any atom is -0.482 e. The topological polar surface area (TPSA) is 84.6 Å². The highest BCUT2D eigenvalue weighted by molar-refractivity contribution is 5.98. The number of benzene rings is 1. The minimum atomic E-state index is -4.62. The quantitative estimate of drug-likeness (QED) is 0.751. The number of hydrogen-bond acceptors (Lipinski definition) is 6. The Morgan fingerprint density at radius 3 is 2.85 bits per heavy atom. The lowest BCUT2D eigenvalue weighted by Gasteiger charge is -2.26. The molecule has 1 aliphatic heterocycles. The van der Waals surface area contributed by atoms with Crippen LogP contribution in [0.4, 0.5) is 30.4 Å². The molecule has 0 saturated carbocycles. The van der Waals surface area contributed by atoms with Crippen molar-refractivity contribution in [3.05, 3.63) is 36.3 Å². The molecule has 1 aromatic carbocycles. The van der Waals surface area contributed by atoms with E-state index in [2.05, 4.69) is 20.4 Å². The van der Waals surface area contributed by atoms with E-state index >= 15 is 0 Å². The third-order valence-electron chi connectivity index (χ3n) is 3.86. The second-order valence-corrected chi connectivity index (χ2v) is 5.55. The smallest absolute Gasteiger partial charge is 0.433 e. The fourth-order valence-corrected chi connectivity index (χ4v) is 2.54. The average Bonchev–Trinajstić information content (AvgIpc) is 3.07. The summed E-state index contributed by atoms with van der Waals surface area (Å²) in [7, 11) is 1.59. The van der Waals surface area contributed by atoms with E-state index in [4.69, 9.17) is 4.74 Å². The van der Waals surface area contributed by atoms with Gasteiger partial charge >= 0.3 is 6.18 Å². The van der Waals surface area contributed by atoms with E-state index in [1.807, 2.05) is 0 Å². The zero-order valence-corrected chi connectivity index (χ0v) is 13.3. The number of hydrogen-bond donors (Lipinski definition) is 1. The molecule has 0 spiro atoms. The summed E-state index contributed by atoms with van der Waals surface area (Å²) in [5.41, 5.74) is -0.134. The standard InChI is InChI=1S/C15H11F3N6O2/c1-23-9-4-8(2-3-10(9)26-6-13(23)25)21-12-5-11(15(16,17)18)22-14-19-7-20-24(12)14/h2-5,7,21H,6H2,1H3. The highest BCUT2D eigenvalue weighted by Crippen LogP contribution is 2.35. The van der Waals surface area contributed by atoms with E-state index in [-0.39, 0.29) is 24.1 Å². The van der Waals surface area contributed by atoms with Crippen molar-refractivity contribution < 1.29 is 22.7 Å². The molecule has 134 valence electrons. The van der Waals surface area contributed by atoms with Crippen LogP contribution in [0.2, 0.25) is 0 Å². The van der Waals surface area contributed by atoms with Crippen LogP contribution in [0.5, 0.6) is 5.75 Å². The molecule has 0 bridgehead atoms. The number of ether oxygens (including phenoxy) is 1. The van der Waals surface area contributed by atoms with Crippen molar-refractivity contribution in [3.63, 3.8) is 0 Å². The third-order valence-corrected chi connectivity index (χ3v) is 3.86. The zero-order chi connectivity index (χ0) is 18.5. The predicted molar refractivity (Wildman–Crippen MR) is 84.4 cm³/mol. The van der Waals surface area contributed by atoms with E-state index in [1.54, 1.807) is 25.2 Å². The highest BCUT2D eigenvalue weighted by atomic mass is 19.4. The molecule has 11 heteroatoms. The largest absolute Gasteiger partial charge is 0.482 e. The van der Waals surface area contributed by atoms with Gasteiger partial charge in [-0.25, -0.2) is 4.98 Å². The molecule has 0 saturated heterocycles. The van der Waals surface area contributed by atoms with Crippen LogP contribution < -0.4 is 15.0 Å². The normalized spacial score (nSPS) is 14.3. The molecule has 3 heterocycles. The van der Waals surface area contributed by atoms with Crippen molar-refractivity contribution in [2.75, 3.05) is 23.9 Å². The number of anilines is 3. The molecule has 4 rings (SSSR count). The maximum absolute atomic E-state index is 13.1. The predicted octanol–water partition coefficient (Wildman–Crippen LogP) is 2.24. The van der Waals surface area contributed by atoms with E-state index < -0.39 is 11.9 Å². The summed E-state index contributed by atoms with van der Waals surface area (Å²) in [5, 5.41) is 6.73. The van der Waals surface area contributed by atoms with Gasteiger partial charge in [-0.3, -0.25) is 4.79 Å². The maximum Gasteiger partial charge on any atom is 0.433 e. The molecule has 1 amide bonds. The van der Waals surface area contributed by atoms with Crippen molar-refractivity contribution in [1.29, 1.82) is 0 Å². The Hall–Kier alpha value is -3.37. The molecule has 1 aliphatic rings. The van der Waals surface area contributed by atoms with Crippen molar-refractivity contribution in [1.82, 2.24) is 19.6 Å². The van der Waals surface area contributed by atoms with E-state index in [1.165, 1.54) is 4.90 Å². The first-order valence-corrected chi connectivity index (χ1v) is 7.41. The number of alkyl halides is 3. The summed E-state index contributed by atoms with van der Waals surface area (Å²) >= 11 is 0. The van der Waals surface area contributed by atoms with E-state index in [9.17, 15) is 18.0 Å². The molecule has 26 heavy (non-hydrogen) atoms. The Morgan fingerprint density at radius 2 is 2.08 bits per heavy atom. The minimum absolute atomic E-state index is 0.0329. The summed E-state index contributed by atoms with van der Waals surface area (Å²) in [4.78, 5) is 20.3. The fourth-order valence-electron chi connectivity index (χ4n) is 2.54. The molecule has 8 nitrogen and oxygen atoms in total. The van der Waals surface area contributed by atoms with Crippen LogP contribution in [0, 0.1) is 0 Å². The summed E-state index contributed by atoms with van der Waals surface area (Å²) in [5.74, 6) is 0.132. The molecule has 0 aliphatic carbocycles. The SMILES string of the molecule is CN1C(=O)COc2ccc(Nc3cc(C(F)(F)F)nc4ncnn34)cc21. The van der Waals surface area contributed by atoms with E-state index in [0.29, 0.717) is 17.1 Å². The van der Waals surface area contributed by atoms with Gasteiger partial charge in [-0.15, -0.1) is 0 Å². The fraction of sp³-hybridized carbons (Fsp3) is 0.200. The molecule has 1 N–H and O–H groups in total. The average molecular weight is 364 g/mol.